The Kier molecular flexibility index (Phi) is 6.12. The van der Waals surface area contributed by atoms with Crippen LogP contribution in [0.2, 0.25) is 0 Å². The minimum absolute atomic E-state index is 0.0677. The highest BCUT2D eigenvalue weighted by Crippen LogP contribution is 2.42. The Morgan fingerprint density at radius 2 is 1.55 bits per heavy atom. The first-order chi connectivity index (χ1) is 15.8. The molecule has 0 saturated carbocycles. The molecule has 0 bridgehead atoms. The Morgan fingerprint density at radius 1 is 0.909 bits per heavy atom. The predicted octanol–water partition coefficient (Wildman–Crippen LogP) is 5.17. The number of halogens is 2. The molecule has 0 amide bonds. The van der Waals surface area contributed by atoms with Crippen LogP contribution in [0, 0.1) is 0 Å². The molecule has 3 aromatic rings. The second-order valence-corrected chi connectivity index (χ2v) is 9.61. The van der Waals surface area contributed by atoms with Crippen molar-refractivity contribution in [1.82, 2.24) is 0 Å². The summed E-state index contributed by atoms with van der Waals surface area (Å²) >= 11 is 0. The number of nitrogens with zero attached hydrogens (tertiary/aromatic N) is 1. The SMILES string of the molecule is COc1ccc(CN2c3ccc(OC)cc3C=CC2C(F)(F)S(=O)(=O)c2ccccc2)cc1. The topological polar surface area (TPSA) is 55.8 Å². The van der Waals surface area contributed by atoms with Crippen LogP contribution in [-0.4, -0.2) is 33.9 Å². The van der Waals surface area contributed by atoms with Gasteiger partial charge in [-0.05, 0) is 48.0 Å². The van der Waals surface area contributed by atoms with E-state index in [1.54, 1.807) is 55.6 Å². The molecule has 0 saturated heterocycles. The van der Waals surface area contributed by atoms with E-state index in [1.807, 2.05) is 0 Å². The fourth-order valence-electron chi connectivity index (χ4n) is 3.82. The van der Waals surface area contributed by atoms with E-state index in [1.165, 1.54) is 48.4 Å². The van der Waals surface area contributed by atoms with Crippen LogP contribution in [0.5, 0.6) is 11.5 Å². The standard InChI is InChI=1S/C25H23F2NO4S/c1-31-20-11-8-18(9-12-20)17-28-23-14-13-21(32-2)16-19(23)10-15-24(28)25(26,27)33(29,30)22-6-4-3-5-7-22/h3-16,24H,17H2,1-2H3. The summed E-state index contributed by atoms with van der Waals surface area (Å²) in [5.74, 6) is 1.21. The van der Waals surface area contributed by atoms with Crippen LogP contribution >= 0.6 is 0 Å². The molecule has 1 heterocycles. The lowest BCUT2D eigenvalue weighted by Gasteiger charge is -2.39. The van der Waals surface area contributed by atoms with Gasteiger partial charge in [0.25, 0.3) is 0 Å². The van der Waals surface area contributed by atoms with E-state index in [9.17, 15) is 8.42 Å². The maximum atomic E-state index is 15.8. The molecular weight excluding hydrogens is 448 g/mol. The maximum Gasteiger partial charge on any atom is 0.373 e. The molecule has 1 aliphatic rings. The van der Waals surface area contributed by atoms with E-state index < -0.39 is 26.0 Å². The Bertz CT molecular complexity index is 1260. The third-order valence-corrected chi connectivity index (χ3v) is 7.46. The molecule has 0 aromatic heterocycles. The van der Waals surface area contributed by atoms with Crippen LogP contribution in [0.15, 0.2) is 83.8 Å². The molecule has 172 valence electrons. The van der Waals surface area contributed by atoms with Gasteiger partial charge < -0.3 is 14.4 Å². The quantitative estimate of drug-likeness (QED) is 0.476. The lowest BCUT2D eigenvalue weighted by atomic mass is 10.0. The fraction of sp³-hybridized carbons (Fsp3) is 0.200. The largest absolute Gasteiger partial charge is 0.497 e. The summed E-state index contributed by atoms with van der Waals surface area (Å²) in [6.45, 7) is 0.0677. The number of hydrogen-bond acceptors (Lipinski definition) is 5. The molecule has 4 rings (SSSR count). The number of ether oxygens (including phenoxy) is 2. The van der Waals surface area contributed by atoms with Crippen LogP contribution < -0.4 is 14.4 Å². The van der Waals surface area contributed by atoms with Gasteiger partial charge in [0.15, 0.2) is 0 Å². The van der Waals surface area contributed by atoms with Gasteiger partial charge >= 0.3 is 5.25 Å². The number of alkyl halides is 2. The van der Waals surface area contributed by atoms with Gasteiger partial charge in [0.05, 0.1) is 19.1 Å². The van der Waals surface area contributed by atoms with Crippen molar-refractivity contribution in [2.45, 2.75) is 22.7 Å². The second kappa shape index (κ2) is 8.86. The molecule has 1 unspecified atom stereocenters. The van der Waals surface area contributed by atoms with Crippen molar-refractivity contribution in [3.8, 4) is 11.5 Å². The highest BCUT2D eigenvalue weighted by Gasteiger charge is 2.55. The van der Waals surface area contributed by atoms with Crippen LogP contribution in [0.1, 0.15) is 11.1 Å². The van der Waals surface area contributed by atoms with Gasteiger partial charge in [0.1, 0.15) is 17.5 Å². The lowest BCUT2D eigenvalue weighted by molar-refractivity contribution is 0.0740. The van der Waals surface area contributed by atoms with Gasteiger partial charge in [0.2, 0.25) is 9.84 Å². The number of benzene rings is 3. The van der Waals surface area contributed by atoms with Crippen molar-refractivity contribution in [2.75, 3.05) is 19.1 Å². The minimum atomic E-state index is -4.96. The van der Waals surface area contributed by atoms with Crippen molar-refractivity contribution in [1.29, 1.82) is 0 Å². The Morgan fingerprint density at radius 3 is 2.18 bits per heavy atom. The third-order valence-electron chi connectivity index (χ3n) is 5.61. The van der Waals surface area contributed by atoms with E-state index in [0.29, 0.717) is 22.7 Å². The predicted molar refractivity (Wildman–Crippen MR) is 124 cm³/mol. The summed E-state index contributed by atoms with van der Waals surface area (Å²) < 4.78 is 67.9. The minimum Gasteiger partial charge on any atom is -0.497 e. The summed E-state index contributed by atoms with van der Waals surface area (Å²) in [6, 6.07) is 17.1. The Labute approximate surface area is 191 Å². The van der Waals surface area contributed by atoms with Gasteiger partial charge in [-0.15, -0.1) is 0 Å². The van der Waals surface area contributed by atoms with Gasteiger partial charge in [0, 0.05) is 17.8 Å². The molecule has 1 aliphatic heterocycles. The van der Waals surface area contributed by atoms with E-state index in [0.717, 1.165) is 5.56 Å². The van der Waals surface area contributed by atoms with Crippen molar-refractivity contribution >= 4 is 21.6 Å². The van der Waals surface area contributed by atoms with Crippen molar-refractivity contribution < 1.29 is 26.7 Å². The molecule has 33 heavy (non-hydrogen) atoms. The van der Waals surface area contributed by atoms with E-state index >= 15 is 8.78 Å². The summed E-state index contributed by atoms with van der Waals surface area (Å²) in [6.07, 6.45) is 2.76. The highest BCUT2D eigenvalue weighted by molar-refractivity contribution is 7.92. The molecule has 8 heteroatoms. The molecule has 0 aliphatic carbocycles. The summed E-state index contributed by atoms with van der Waals surface area (Å²) in [5, 5.41) is -4.09. The van der Waals surface area contributed by atoms with E-state index in [4.69, 9.17) is 9.47 Å². The Balaban J connectivity index is 1.79. The zero-order valence-corrected chi connectivity index (χ0v) is 18.9. The molecule has 0 radical (unpaired) electrons. The van der Waals surface area contributed by atoms with Crippen LogP contribution in [0.3, 0.4) is 0 Å². The third kappa shape index (κ3) is 4.18. The average molecular weight is 472 g/mol. The van der Waals surface area contributed by atoms with Gasteiger partial charge in [-0.3, -0.25) is 0 Å². The molecule has 1 atom stereocenters. The summed E-state index contributed by atoms with van der Waals surface area (Å²) in [7, 11) is -1.90. The first kappa shape index (κ1) is 22.8. The van der Waals surface area contributed by atoms with Crippen molar-refractivity contribution in [2.24, 2.45) is 0 Å². The Hall–Kier alpha value is -3.39. The number of hydrogen-bond donors (Lipinski definition) is 0. The molecular formula is C25H23F2NO4S. The molecule has 5 nitrogen and oxygen atoms in total. The molecule has 3 aromatic carbocycles. The monoisotopic (exact) mass is 471 g/mol. The van der Waals surface area contributed by atoms with Gasteiger partial charge in [-0.1, -0.05) is 42.5 Å². The van der Waals surface area contributed by atoms with Crippen LogP contribution in [0.4, 0.5) is 14.5 Å². The van der Waals surface area contributed by atoms with Crippen molar-refractivity contribution in [3.05, 3.63) is 90.0 Å². The number of anilines is 1. The van der Waals surface area contributed by atoms with E-state index in [2.05, 4.69) is 0 Å². The smallest absolute Gasteiger partial charge is 0.373 e. The normalized spacial score (nSPS) is 15.8. The van der Waals surface area contributed by atoms with Crippen LogP contribution in [0.25, 0.3) is 6.08 Å². The summed E-state index contributed by atoms with van der Waals surface area (Å²) in [4.78, 5) is 0.991. The number of methoxy groups -OCH3 is 2. The van der Waals surface area contributed by atoms with Crippen molar-refractivity contribution in [3.63, 3.8) is 0 Å². The second-order valence-electron chi connectivity index (χ2n) is 7.58. The maximum absolute atomic E-state index is 15.8. The lowest BCUT2D eigenvalue weighted by Crippen LogP contribution is -2.52. The molecule has 0 N–H and O–H groups in total. The number of rotatable bonds is 7. The average Bonchev–Trinajstić information content (AvgIpc) is 2.84. The van der Waals surface area contributed by atoms with E-state index in [-0.39, 0.29) is 6.54 Å². The first-order valence-electron chi connectivity index (χ1n) is 10.2. The first-order valence-corrected chi connectivity index (χ1v) is 11.7. The molecule has 0 spiro atoms. The number of sulfone groups is 1. The zero-order chi connectivity index (χ0) is 23.6. The van der Waals surface area contributed by atoms with Crippen LogP contribution in [-0.2, 0) is 16.4 Å². The highest BCUT2D eigenvalue weighted by atomic mass is 32.2. The van der Waals surface area contributed by atoms with Gasteiger partial charge in [-0.25, -0.2) is 8.42 Å². The molecule has 0 fully saturated rings. The zero-order valence-electron chi connectivity index (χ0n) is 18.1. The van der Waals surface area contributed by atoms with Gasteiger partial charge in [-0.2, -0.15) is 8.78 Å². The fourth-order valence-corrected chi connectivity index (χ4v) is 5.18. The number of fused-ring (bicyclic) bond motifs is 1. The summed E-state index contributed by atoms with van der Waals surface area (Å²) in [5.41, 5.74) is 1.87.